The lowest BCUT2D eigenvalue weighted by atomic mass is 9.93. The van der Waals surface area contributed by atoms with Crippen molar-refractivity contribution in [2.45, 2.75) is 32.3 Å². The van der Waals surface area contributed by atoms with E-state index in [1.165, 1.54) is 6.92 Å². The van der Waals surface area contributed by atoms with Crippen molar-refractivity contribution in [1.29, 1.82) is 5.26 Å². The van der Waals surface area contributed by atoms with Gasteiger partial charge in [-0.15, -0.1) is 0 Å². The van der Waals surface area contributed by atoms with Crippen LogP contribution in [-0.2, 0) is 16.0 Å². The molecule has 1 N–H and O–H groups in total. The van der Waals surface area contributed by atoms with Gasteiger partial charge >= 0.3 is 5.97 Å². The second-order valence-electron chi connectivity index (χ2n) is 4.57. The third kappa shape index (κ3) is 4.98. The highest BCUT2D eigenvalue weighted by Gasteiger charge is 2.21. The van der Waals surface area contributed by atoms with E-state index in [1.54, 1.807) is 19.1 Å². The highest BCUT2D eigenvalue weighted by molar-refractivity contribution is 5.65. The molecule has 0 aromatic heterocycles. The van der Waals surface area contributed by atoms with Crippen LogP contribution < -0.4 is 0 Å². The molecular weight excluding hydrogens is 230 g/mol. The van der Waals surface area contributed by atoms with E-state index >= 15 is 0 Å². The van der Waals surface area contributed by atoms with Gasteiger partial charge in [0.15, 0.2) is 0 Å². The molecule has 1 aromatic rings. The van der Waals surface area contributed by atoms with Gasteiger partial charge in [0.05, 0.1) is 23.8 Å². The molecule has 1 aromatic carbocycles. The largest absolute Gasteiger partial charge is 0.466 e. The maximum atomic E-state index is 10.6. The second-order valence-corrected chi connectivity index (χ2v) is 4.57. The number of ether oxygens (including phenoxy) is 1. The molecule has 0 aliphatic carbocycles. The Morgan fingerprint density at radius 3 is 2.56 bits per heavy atom. The molecule has 0 radical (unpaired) electrons. The summed E-state index contributed by atoms with van der Waals surface area (Å²) in [5.74, 6) is -0.343. The Hall–Kier alpha value is -1.86. The number of rotatable bonds is 5. The summed E-state index contributed by atoms with van der Waals surface area (Å²) in [5.41, 5.74) is 0.615. The fourth-order valence-electron chi connectivity index (χ4n) is 1.64. The van der Waals surface area contributed by atoms with Crippen LogP contribution in [-0.4, -0.2) is 23.3 Å². The molecule has 4 nitrogen and oxygen atoms in total. The number of aliphatic hydroxyl groups is 1. The number of nitrogens with zero attached hydrogens (tertiary/aromatic N) is 1. The summed E-state index contributed by atoms with van der Waals surface area (Å²) in [7, 11) is 0. The Balaban J connectivity index is 2.53. The molecule has 0 saturated heterocycles. The van der Waals surface area contributed by atoms with Crippen molar-refractivity contribution in [2.24, 2.45) is 0 Å². The van der Waals surface area contributed by atoms with Crippen molar-refractivity contribution >= 4 is 5.97 Å². The maximum absolute atomic E-state index is 10.6. The van der Waals surface area contributed by atoms with E-state index in [2.05, 4.69) is 0 Å². The zero-order valence-corrected chi connectivity index (χ0v) is 10.6. The molecule has 96 valence electrons. The van der Waals surface area contributed by atoms with Crippen LogP contribution in [0.3, 0.4) is 0 Å². The molecule has 0 amide bonds. The highest BCUT2D eigenvalue weighted by Crippen LogP contribution is 2.17. The quantitative estimate of drug-likeness (QED) is 0.805. The number of esters is 1. The Bertz CT molecular complexity index is 443. The van der Waals surface area contributed by atoms with E-state index < -0.39 is 5.60 Å². The summed E-state index contributed by atoms with van der Waals surface area (Å²) in [6.45, 7) is 3.25. The first-order chi connectivity index (χ1) is 8.43. The Kier molecular flexibility index (Phi) is 4.87. The number of benzene rings is 1. The molecule has 0 saturated carbocycles. The van der Waals surface area contributed by atoms with Gasteiger partial charge in [-0.05, 0) is 24.6 Å². The Morgan fingerprint density at radius 1 is 1.44 bits per heavy atom. The Labute approximate surface area is 107 Å². The topological polar surface area (TPSA) is 70.3 Å². The fraction of sp³-hybridized carbons (Fsp3) is 0.429. The van der Waals surface area contributed by atoms with Crippen LogP contribution in [0.2, 0.25) is 0 Å². The lowest BCUT2D eigenvalue weighted by molar-refractivity contribution is -0.142. The molecule has 1 atom stereocenters. The molecule has 4 heteroatoms. The van der Waals surface area contributed by atoms with E-state index in [9.17, 15) is 9.90 Å². The van der Waals surface area contributed by atoms with E-state index in [4.69, 9.17) is 10.00 Å². The minimum Gasteiger partial charge on any atom is -0.466 e. The average Bonchev–Trinajstić information content (AvgIpc) is 2.28. The predicted octanol–water partition coefficient (Wildman–Crippen LogP) is 1.80. The first-order valence-electron chi connectivity index (χ1n) is 5.78. The number of carbonyl (C=O) groups excluding carboxylic acids is 1. The van der Waals surface area contributed by atoms with Crippen molar-refractivity contribution in [3.05, 3.63) is 35.4 Å². The highest BCUT2D eigenvalue weighted by atomic mass is 16.5. The third-order valence-electron chi connectivity index (χ3n) is 2.61. The zero-order chi connectivity index (χ0) is 13.6. The van der Waals surface area contributed by atoms with Gasteiger partial charge in [-0.25, -0.2) is 0 Å². The molecule has 1 unspecified atom stereocenters. The van der Waals surface area contributed by atoms with Crippen molar-refractivity contribution in [3.8, 4) is 6.07 Å². The molecule has 0 fully saturated rings. The van der Waals surface area contributed by atoms with Crippen LogP contribution in [0.15, 0.2) is 24.3 Å². The first-order valence-corrected chi connectivity index (χ1v) is 5.78. The summed E-state index contributed by atoms with van der Waals surface area (Å²) in [6, 6.07) is 9.12. The Morgan fingerprint density at radius 2 is 2.06 bits per heavy atom. The van der Waals surface area contributed by atoms with Crippen LogP contribution in [0, 0.1) is 11.3 Å². The summed E-state index contributed by atoms with van der Waals surface area (Å²) < 4.78 is 4.81. The predicted molar refractivity (Wildman–Crippen MR) is 66.7 cm³/mol. The van der Waals surface area contributed by atoms with Gasteiger partial charge in [0.2, 0.25) is 0 Å². The van der Waals surface area contributed by atoms with Crippen LogP contribution >= 0.6 is 0 Å². The molecule has 0 spiro atoms. The third-order valence-corrected chi connectivity index (χ3v) is 2.61. The van der Waals surface area contributed by atoms with Crippen molar-refractivity contribution in [1.82, 2.24) is 0 Å². The van der Waals surface area contributed by atoms with Gasteiger partial charge in [0.1, 0.15) is 0 Å². The van der Waals surface area contributed by atoms with Crippen molar-refractivity contribution < 1.29 is 14.6 Å². The summed E-state index contributed by atoms with van der Waals surface area (Å²) >= 11 is 0. The number of hydrogen-bond acceptors (Lipinski definition) is 4. The molecule has 18 heavy (non-hydrogen) atoms. The summed E-state index contributed by atoms with van der Waals surface area (Å²) in [4.78, 5) is 10.6. The normalized spacial score (nSPS) is 13.4. The van der Waals surface area contributed by atoms with E-state index in [0.29, 0.717) is 18.4 Å². The van der Waals surface area contributed by atoms with Gasteiger partial charge in [-0.2, -0.15) is 5.26 Å². The molecule has 1 rings (SSSR count). The van der Waals surface area contributed by atoms with Gasteiger partial charge in [-0.1, -0.05) is 12.1 Å². The van der Waals surface area contributed by atoms with Crippen LogP contribution in [0.4, 0.5) is 0 Å². The zero-order valence-electron chi connectivity index (χ0n) is 10.6. The van der Waals surface area contributed by atoms with Crippen molar-refractivity contribution in [3.63, 3.8) is 0 Å². The number of carbonyl (C=O) groups is 1. The van der Waals surface area contributed by atoms with E-state index in [0.717, 1.165) is 5.56 Å². The maximum Gasteiger partial charge on any atom is 0.302 e. The minimum absolute atomic E-state index is 0.207. The van der Waals surface area contributed by atoms with Crippen LogP contribution in [0.5, 0.6) is 0 Å². The first kappa shape index (κ1) is 14.2. The SMILES string of the molecule is CC(=O)OCCC(C)(O)Cc1ccc(C#N)cc1. The van der Waals surface area contributed by atoms with Gasteiger partial charge in [0.25, 0.3) is 0 Å². The number of hydrogen-bond donors (Lipinski definition) is 1. The lowest BCUT2D eigenvalue weighted by Gasteiger charge is -2.23. The summed E-state index contributed by atoms with van der Waals surface area (Å²) in [5, 5.41) is 18.8. The standard InChI is InChI=1S/C14H17NO3/c1-11(16)18-8-7-14(2,17)9-12-3-5-13(10-15)6-4-12/h3-6,17H,7-9H2,1-2H3. The molecule has 0 heterocycles. The monoisotopic (exact) mass is 247 g/mol. The molecular formula is C14H17NO3. The van der Waals surface area contributed by atoms with Crippen LogP contribution in [0.1, 0.15) is 31.4 Å². The number of nitriles is 1. The minimum atomic E-state index is -0.927. The van der Waals surface area contributed by atoms with Crippen LogP contribution in [0.25, 0.3) is 0 Å². The van der Waals surface area contributed by atoms with E-state index in [1.807, 2.05) is 18.2 Å². The average molecular weight is 247 g/mol. The van der Waals surface area contributed by atoms with Gasteiger partial charge in [0, 0.05) is 19.8 Å². The fourth-order valence-corrected chi connectivity index (χ4v) is 1.64. The van der Waals surface area contributed by atoms with Crippen molar-refractivity contribution in [2.75, 3.05) is 6.61 Å². The molecule has 0 bridgehead atoms. The van der Waals surface area contributed by atoms with Gasteiger partial charge in [-0.3, -0.25) is 4.79 Å². The van der Waals surface area contributed by atoms with Gasteiger partial charge < -0.3 is 9.84 Å². The molecule has 0 aliphatic rings. The molecule has 0 aliphatic heterocycles. The smallest absolute Gasteiger partial charge is 0.302 e. The van der Waals surface area contributed by atoms with E-state index in [-0.39, 0.29) is 12.6 Å². The second kappa shape index (κ2) is 6.18. The summed E-state index contributed by atoms with van der Waals surface area (Å²) in [6.07, 6.45) is 0.840. The lowest BCUT2D eigenvalue weighted by Crippen LogP contribution is -2.29.